The van der Waals surface area contributed by atoms with E-state index in [0.29, 0.717) is 0 Å². The molecular formula is C37H42BBr2N7O5. The summed E-state index contributed by atoms with van der Waals surface area (Å²) in [5, 5.41) is 12.1. The van der Waals surface area contributed by atoms with E-state index in [9.17, 15) is 0 Å². The molecular weight excluding hydrogens is 793 g/mol. The van der Waals surface area contributed by atoms with Gasteiger partial charge in [-0.2, -0.15) is 0 Å². The molecule has 15 heteroatoms. The zero-order valence-corrected chi connectivity index (χ0v) is 34.6. The molecule has 1 fully saturated rings. The zero-order chi connectivity index (χ0) is 37.9. The molecule has 2 N–H and O–H groups in total. The molecule has 0 unspecified atom stereocenters. The van der Waals surface area contributed by atoms with Crippen LogP contribution in [0.1, 0.15) is 73.7 Å². The van der Waals surface area contributed by atoms with Crippen molar-refractivity contribution in [1.29, 1.82) is 0 Å². The van der Waals surface area contributed by atoms with Gasteiger partial charge in [0.25, 0.3) is 0 Å². The second-order valence-corrected chi connectivity index (χ2v) is 15.8. The lowest BCUT2D eigenvalue weighted by Gasteiger charge is -2.32. The Labute approximate surface area is 319 Å². The van der Waals surface area contributed by atoms with Gasteiger partial charge in [-0.15, -0.1) is 0 Å². The van der Waals surface area contributed by atoms with Crippen molar-refractivity contribution in [3.05, 3.63) is 79.2 Å². The van der Waals surface area contributed by atoms with E-state index in [4.69, 9.17) is 22.9 Å². The second-order valence-electron chi connectivity index (χ2n) is 14.1. The monoisotopic (exact) mass is 833 g/mol. The lowest BCUT2D eigenvalue weighted by molar-refractivity contribution is 0.00578. The first kappa shape index (κ1) is 37.7. The number of fused-ring (bicyclic) bond motifs is 2. The SMILES string of the molecule is Cc1nc2c(-c3c(C)noc3C)cc(-c3c(C)noc3C)cc2[nH]1.Cc1nc2c(Br)cc(Br)cc2[nH]1.Cc1noc(C)c1B1OC(C)(C)C(C)(C)O1. The van der Waals surface area contributed by atoms with Crippen LogP contribution in [-0.4, -0.2) is 53.7 Å². The highest BCUT2D eigenvalue weighted by Crippen LogP contribution is 2.39. The summed E-state index contributed by atoms with van der Waals surface area (Å²) in [5.41, 5.74) is 10.8. The third-order valence-electron chi connectivity index (χ3n) is 9.53. The molecule has 0 radical (unpaired) electrons. The number of H-pyrrole nitrogens is 2. The molecule has 7 aromatic rings. The van der Waals surface area contributed by atoms with Crippen LogP contribution < -0.4 is 5.46 Å². The molecule has 12 nitrogen and oxygen atoms in total. The van der Waals surface area contributed by atoms with Gasteiger partial charge in [-0.25, -0.2) is 9.97 Å². The highest BCUT2D eigenvalue weighted by molar-refractivity contribution is 9.11. The predicted molar refractivity (Wildman–Crippen MR) is 209 cm³/mol. The molecule has 0 atom stereocenters. The summed E-state index contributed by atoms with van der Waals surface area (Å²) in [7, 11) is -0.378. The molecule has 6 heterocycles. The molecule has 5 aromatic heterocycles. The molecule has 0 bridgehead atoms. The number of benzene rings is 2. The summed E-state index contributed by atoms with van der Waals surface area (Å²) in [6.45, 7) is 23.5. The molecule has 52 heavy (non-hydrogen) atoms. The maximum Gasteiger partial charge on any atom is 0.500 e. The summed E-state index contributed by atoms with van der Waals surface area (Å²) < 4.78 is 29.8. The van der Waals surface area contributed by atoms with Gasteiger partial charge in [-0.1, -0.05) is 31.4 Å². The Morgan fingerprint density at radius 1 is 0.596 bits per heavy atom. The Bertz CT molecular complexity index is 2350. The minimum atomic E-state index is -0.378. The number of halogens is 2. The van der Waals surface area contributed by atoms with Gasteiger partial charge in [0.15, 0.2) is 0 Å². The van der Waals surface area contributed by atoms with Crippen LogP contribution in [0, 0.1) is 55.4 Å². The molecule has 0 saturated carbocycles. The van der Waals surface area contributed by atoms with Crippen molar-refractivity contribution in [3.63, 3.8) is 0 Å². The number of aromatic amines is 2. The lowest BCUT2D eigenvalue weighted by Crippen LogP contribution is -2.41. The standard InChI is InChI=1S/C18H18N4O2.C11H18BNO3.C8H6Br2N2/c1-8-16(10(3)23-21-8)13-6-14(17-9(2)22-24-11(17)4)18-15(7-13)19-12(5)20-18;1-7-9(8(2)14-13-7)12-15-10(3,4)11(5,6)16-12;1-4-11-7-3-5(9)2-6(10)8(7)12-4/h6-7H,1-5H3,(H,19,20);1-6H3;2-3H,1H3,(H,11,12). The fourth-order valence-electron chi connectivity index (χ4n) is 6.29. The number of aromatic nitrogens is 7. The summed E-state index contributed by atoms with van der Waals surface area (Å²) in [4.78, 5) is 15.5. The van der Waals surface area contributed by atoms with E-state index >= 15 is 0 Å². The van der Waals surface area contributed by atoms with Gasteiger partial charge in [0.2, 0.25) is 0 Å². The fraction of sp³-hybridized carbons (Fsp3) is 0.378. The number of hydrogen-bond acceptors (Lipinski definition) is 10. The average Bonchev–Trinajstić information content (AvgIpc) is 3.87. The van der Waals surface area contributed by atoms with E-state index in [0.717, 1.165) is 105 Å². The van der Waals surface area contributed by atoms with Gasteiger partial charge in [-0.05, 0) is 129 Å². The molecule has 2 aromatic carbocycles. The van der Waals surface area contributed by atoms with E-state index < -0.39 is 0 Å². The van der Waals surface area contributed by atoms with Gasteiger partial charge < -0.3 is 32.8 Å². The van der Waals surface area contributed by atoms with E-state index in [1.807, 2.05) is 95.2 Å². The largest absolute Gasteiger partial charge is 0.500 e. The number of nitrogens with zero attached hydrogens (tertiary/aromatic N) is 5. The molecule has 0 spiro atoms. The molecule has 0 aliphatic carbocycles. The molecule has 1 saturated heterocycles. The van der Waals surface area contributed by atoms with Gasteiger partial charge in [0, 0.05) is 31.1 Å². The van der Waals surface area contributed by atoms with Crippen LogP contribution in [0.3, 0.4) is 0 Å². The molecule has 0 amide bonds. The van der Waals surface area contributed by atoms with Crippen LogP contribution in [0.15, 0.2) is 46.8 Å². The highest BCUT2D eigenvalue weighted by atomic mass is 79.9. The Balaban J connectivity index is 0.000000143. The summed E-state index contributed by atoms with van der Waals surface area (Å²) >= 11 is 6.86. The number of hydrogen-bond donors (Lipinski definition) is 2. The summed E-state index contributed by atoms with van der Waals surface area (Å²) in [6.07, 6.45) is 0. The Morgan fingerprint density at radius 2 is 1.10 bits per heavy atom. The Kier molecular flexibility index (Phi) is 10.2. The van der Waals surface area contributed by atoms with Crippen molar-refractivity contribution < 1.29 is 22.9 Å². The number of nitrogens with one attached hydrogen (secondary N) is 2. The fourth-order valence-corrected chi connectivity index (χ4v) is 7.61. The summed E-state index contributed by atoms with van der Waals surface area (Å²) in [6, 6.07) is 8.20. The van der Waals surface area contributed by atoms with Crippen LogP contribution in [0.2, 0.25) is 0 Å². The lowest BCUT2D eigenvalue weighted by atomic mass is 9.77. The molecule has 1 aliphatic rings. The normalized spacial score (nSPS) is 14.8. The van der Waals surface area contributed by atoms with Crippen LogP contribution in [0.4, 0.5) is 0 Å². The Hall–Kier alpha value is -4.05. The van der Waals surface area contributed by atoms with E-state index in [1.165, 1.54) is 0 Å². The van der Waals surface area contributed by atoms with Crippen molar-refractivity contribution in [3.8, 4) is 22.3 Å². The number of aryl methyl sites for hydroxylation is 8. The van der Waals surface area contributed by atoms with Crippen molar-refractivity contribution in [1.82, 2.24) is 35.4 Å². The first-order chi connectivity index (χ1) is 24.4. The van der Waals surface area contributed by atoms with Crippen LogP contribution >= 0.6 is 31.9 Å². The Morgan fingerprint density at radius 3 is 1.62 bits per heavy atom. The summed E-state index contributed by atoms with van der Waals surface area (Å²) in [5.74, 6) is 4.15. The van der Waals surface area contributed by atoms with Crippen molar-refractivity contribution in [2.75, 3.05) is 0 Å². The molecule has 272 valence electrons. The smallest absolute Gasteiger partial charge is 0.399 e. The van der Waals surface area contributed by atoms with E-state index in [2.05, 4.69) is 79.4 Å². The zero-order valence-electron chi connectivity index (χ0n) is 31.4. The van der Waals surface area contributed by atoms with Gasteiger partial charge >= 0.3 is 7.12 Å². The van der Waals surface area contributed by atoms with Crippen LogP contribution in [0.25, 0.3) is 44.3 Å². The molecule has 8 rings (SSSR count). The van der Waals surface area contributed by atoms with Crippen LogP contribution in [0.5, 0.6) is 0 Å². The maximum atomic E-state index is 5.95. The average molecular weight is 835 g/mol. The maximum absolute atomic E-state index is 5.95. The molecule has 1 aliphatic heterocycles. The minimum Gasteiger partial charge on any atom is -0.399 e. The van der Waals surface area contributed by atoms with Gasteiger partial charge in [-0.3, -0.25) is 0 Å². The number of imidazole rings is 2. The third kappa shape index (κ3) is 7.15. The highest BCUT2D eigenvalue weighted by Gasteiger charge is 2.53. The predicted octanol–water partition coefficient (Wildman–Crippen LogP) is 9.40. The van der Waals surface area contributed by atoms with Crippen molar-refractivity contribution in [2.45, 2.75) is 94.3 Å². The van der Waals surface area contributed by atoms with Crippen molar-refractivity contribution in [2.24, 2.45) is 0 Å². The third-order valence-corrected chi connectivity index (χ3v) is 10.6. The van der Waals surface area contributed by atoms with Gasteiger partial charge in [0.05, 0.1) is 44.8 Å². The van der Waals surface area contributed by atoms with Gasteiger partial charge in [0.1, 0.15) is 34.4 Å². The van der Waals surface area contributed by atoms with Crippen LogP contribution in [-0.2, 0) is 9.31 Å². The van der Waals surface area contributed by atoms with Crippen molar-refractivity contribution >= 4 is 66.5 Å². The second kappa shape index (κ2) is 14.1. The van der Waals surface area contributed by atoms with E-state index in [1.54, 1.807) is 0 Å². The number of rotatable bonds is 3. The topological polar surface area (TPSA) is 154 Å². The first-order valence-corrected chi connectivity index (χ1v) is 18.4. The van der Waals surface area contributed by atoms with E-state index in [-0.39, 0.29) is 18.3 Å². The minimum absolute atomic E-state index is 0.326. The quantitative estimate of drug-likeness (QED) is 0.165. The first-order valence-electron chi connectivity index (χ1n) is 16.8.